The Bertz CT molecular complexity index is 317. The quantitative estimate of drug-likeness (QED) is 0.358. The summed E-state index contributed by atoms with van der Waals surface area (Å²) in [4.78, 5) is 32.8. The van der Waals surface area contributed by atoms with Gasteiger partial charge < -0.3 is 14.9 Å². The van der Waals surface area contributed by atoms with E-state index in [-0.39, 0.29) is 6.42 Å². The van der Waals surface area contributed by atoms with Crippen molar-refractivity contribution in [2.75, 3.05) is 11.5 Å². The number of carbonyl (C=O) groups is 3. The van der Waals surface area contributed by atoms with Gasteiger partial charge in [0.2, 0.25) is 0 Å². The molecular weight excluding hydrogens is 272 g/mol. The van der Waals surface area contributed by atoms with Crippen LogP contribution in [0.3, 0.4) is 0 Å². The van der Waals surface area contributed by atoms with E-state index in [0.717, 1.165) is 18.6 Å². The number of unbranched alkanes of at least 4 members (excludes halogenated alkanes) is 1. The third-order valence-electron chi connectivity index (χ3n) is 2.42. The fourth-order valence-electron chi connectivity index (χ4n) is 1.11. The Labute approximate surface area is 116 Å². The van der Waals surface area contributed by atoms with Crippen LogP contribution < -0.4 is 0 Å². The van der Waals surface area contributed by atoms with E-state index in [1.165, 1.54) is 6.92 Å². The van der Waals surface area contributed by atoms with Crippen LogP contribution >= 0.6 is 11.8 Å². The maximum atomic E-state index is 11.4. The van der Waals surface area contributed by atoms with E-state index >= 15 is 0 Å². The van der Waals surface area contributed by atoms with Gasteiger partial charge in [0.15, 0.2) is 12.0 Å². The number of aliphatic carboxylic acids is 2. The van der Waals surface area contributed by atoms with Crippen LogP contribution in [0.2, 0.25) is 0 Å². The molecule has 0 amide bonds. The molecule has 0 aromatic carbocycles. The SMILES string of the molecule is CCCCSCCC(OC(=O)C(C)C(=O)O)C(=O)O. The van der Waals surface area contributed by atoms with E-state index in [0.29, 0.717) is 5.75 Å². The van der Waals surface area contributed by atoms with Gasteiger partial charge in [-0.05, 0) is 24.9 Å². The Balaban J connectivity index is 4.16. The highest BCUT2D eigenvalue weighted by Crippen LogP contribution is 2.12. The summed E-state index contributed by atoms with van der Waals surface area (Å²) >= 11 is 1.59. The molecular formula is C12H20O6S. The molecule has 0 aromatic rings. The molecule has 0 aliphatic rings. The van der Waals surface area contributed by atoms with Crippen LogP contribution in [0, 0.1) is 5.92 Å². The molecule has 0 rings (SSSR count). The molecule has 0 aromatic heterocycles. The van der Waals surface area contributed by atoms with Crippen LogP contribution in [0.1, 0.15) is 33.1 Å². The Morgan fingerprint density at radius 3 is 2.26 bits per heavy atom. The Morgan fingerprint density at radius 1 is 1.16 bits per heavy atom. The second-order valence-corrected chi connectivity index (χ2v) is 5.30. The van der Waals surface area contributed by atoms with Crippen molar-refractivity contribution in [1.82, 2.24) is 0 Å². The molecule has 0 aliphatic heterocycles. The van der Waals surface area contributed by atoms with E-state index in [1.807, 2.05) is 0 Å². The smallest absolute Gasteiger partial charge is 0.345 e. The largest absolute Gasteiger partial charge is 0.481 e. The second kappa shape index (κ2) is 9.66. The highest BCUT2D eigenvalue weighted by Gasteiger charge is 2.28. The standard InChI is InChI=1S/C12H20O6S/c1-3-4-6-19-7-5-9(11(15)16)18-12(17)8(2)10(13)14/h8-9H,3-7H2,1-2H3,(H,13,14)(H,15,16). The second-order valence-electron chi connectivity index (χ2n) is 4.08. The lowest BCUT2D eigenvalue weighted by atomic mass is 10.2. The molecule has 0 spiro atoms. The number of hydrogen-bond donors (Lipinski definition) is 2. The van der Waals surface area contributed by atoms with Gasteiger partial charge >= 0.3 is 17.9 Å². The lowest BCUT2D eigenvalue weighted by Crippen LogP contribution is -2.32. The highest BCUT2D eigenvalue weighted by atomic mass is 32.2. The van der Waals surface area contributed by atoms with Crippen molar-refractivity contribution in [2.45, 2.75) is 39.2 Å². The van der Waals surface area contributed by atoms with Crippen LogP contribution in [0.4, 0.5) is 0 Å². The summed E-state index contributed by atoms with van der Waals surface area (Å²) < 4.78 is 4.71. The predicted molar refractivity (Wildman–Crippen MR) is 71.2 cm³/mol. The maximum Gasteiger partial charge on any atom is 0.345 e. The van der Waals surface area contributed by atoms with E-state index in [2.05, 4.69) is 6.92 Å². The molecule has 2 atom stereocenters. The number of esters is 1. The number of thioether (sulfide) groups is 1. The van der Waals surface area contributed by atoms with Crippen LogP contribution in [0.15, 0.2) is 0 Å². The lowest BCUT2D eigenvalue weighted by Gasteiger charge is -2.15. The van der Waals surface area contributed by atoms with Crippen LogP contribution in [-0.2, 0) is 19.1 Å². The van der Waals surface area contributed by atoms with E-state index in [9.17, 15) is 14.4 Å². The minimum Gasteiger partial charge on any atom is -0.481 e. The van der Waals surface area contributed by atoms with Gasteiger partial charge in [0, 0.05) is 6.42 Å². The van der Waals surface area contributed by atoms with Crippen molar-refractivity contribution in [3.8, 4) is 0 Å². The molecule has 0 heterocycles. The summed E-state index contributed by atoms with van der Waals surface area (Å²) in [5, 5.41) is 17.5. The Morgan fingerprint density at radius 2 is 1.79 bits per heavy atom. The van der Waals surface area contributed by atoms with Crippen LogP contribution in [0.5, 0.6) is 0 Å². The molecule has 2 N–H and O–H groups in total. The molecule has 7 heteroatoms. The lowest BCUT2D eigenvalue weighted by molar-refractivity contribution is -0.170. The number of carbonyl (C=O) groups excluding carboxylic acids is 1. The molecule has 110 valence electrons. The zero-order valence-electron chi connectivity index (χ0n) is 11.1. The van der Waals surface area contributed by atoms with Crippen molar-refractivity contribution in [1.29, 1.82) is 0 Å². The monoisotopic (exact) mass is 292 g/mol. The molecule has 2 unspecified atom stereocenters. The fraction of sp³-hybridized carbons (Fsp3) is 0.750. The summed E-state index contributed by atoms with van der Waals surface area (Å²) in [6.45, 7) is 3.23. The van der Waals surface area contributed by atoms with Gasteiger partial charge in [-0.3, -0.25) is 9.59 Å². The summed E-state index contributed by atoms with van der Waals surface area (Å²) in [5.74, 6) is -3.45. The minimum absolute atomic E-state index is 0.182. The summed E-state index contributed by atoms with van der Waals surface area (Å²) in [7, 11) is 0. The molecule has 6 nitrogen and oxygen atoms in total. The topological polar surface area (TPSA) is 101 Å². The van der Waals surface area contributed by atoms with Crippen LogP contribution in [0.25, 0.3) is 0 Å². The number of hydrogen-bond acceptors (Lipinski definition) is 5. The van der Waals surface area contributed by atoms with Gasteiger partial charge in [0.05, 0.1) is 0 Å². The summed E-state index contributed by atoms with van der Waals surface area (Å²) in [6.07, 6.45) is 1.03. The first-order valence-electron chi connectivity index (χ1n) is 6.14. The molecule has 19 heavy (non-hydrogen) atoms. The third-order valence-corrected chi connectivity index (χ3v) is 3.53. The average molecular weight is 292 g/mol. The Kier molecular flexibility index (Phi) is 9.03. The molecule has 0 fully saturated rings. The minimum atomic E-state index is -1.35. The van der Waals surface area contributed by atoms with Crippen molar-refractivity contribution in [3.63, 3.8) is 0 Å². The van der Waals surface area contributed by atoms with Gasteiger partial charge in [-0.2, -0.15) is 11.8 Å². The first-order chi connectivity index (χ1) is 8.90. The maximum absolute atomic E-state index is 11.4. The molecule has 0 saturated heterocycles. The van der Waals surface area contributed by atoms with Gasteiger partial charge in [-0.15, -0.1) is 0 Å². The molecule has 0 bridgehead atoms. The highest BCUT2D eigenvalue weighted by molar-refractivity contribution is 7.99. The number of carboxylic acid groups (broad SMARTS) is 2. The fourth-order valence-corrected chi connectivity index (χ4v) is 2.19. The van der Waals surface area contributed by atoms with Crippen molar-refractivity contribution in [2.24, 2.45) is 5.92 Å². The molecule has 0 radical (unpaired) electrons. The Hall–Kier alpha value is -1.24. The van der Waals surface area contributed by atoms with Crippen molar-refractivity contribution in [3.05, 3.63) is 0 Å². The molecule has 0 saturated carbocycles. The normalized spacial score (nSPS) is 13.6. The predicted octanol–water partition coefficient (Wildman–Crippen LogP) is 1.63. The average Bonchev–Trinajstić information content (AvgIpc) is 2.35. The van der Waals surface area contributed by atoms with Crippen LogP contribution in [-0.4, -0.2) is 45.7 Å². The third kappa shape index (κ3) is 7.71. The van der Waals surface area contributed by atoms with Crippen molar-refractivity contribution < 1.29 is 29.3 Å². The first-order valence-corrected chi connectivity index (χ1v) is 7.29. The number of rotatable bonds is 10. The number of ether oxygens (including phenoxy) is 1. The van der Waals surface area contributed by atoms with Gasteiger partial charge in [0.1, 0.15) is 0 Å². The zero-order chi connectivity index (χ0) is 14.8. The van der Waals surface area contributed by atoms with Gasteiger partial charge in [-0.1, -0.05) is 13.3 Å². The van der Waals surface area contributed by atoms with E-state index < -0.39 is 29.9 Å². The zero-order valence-corrected chi connectivity index (χ0v) is 11.9. The van der Waals surface area contributed by atoms with Gasteiger partial charge in [0.25, 0.3) is 0 Å². The van der Waals surface area contributed by atoms with E-state index in [1.54, 1.807) is 11.8 Å². The van der Waals surface area contributed by atoms with Crippen molar-refractivity contribution >= 4 is 29.7 Å². The summed E-state index contributed by atoms with van der Waals surface area (Å²) in [6, 6.07) is 0. The van der Waals surface area contributed by atoms with Gasteiger partial charge in [-0.25, -0.2) is 4.79 Å². The van der Waals surface area contributed by atoms with E-state index in [4.69, 9.17) is 14.9 Å². The first kappa shape index (κ1) is 17.8. The summed E-state index contributed by atoms with van der Waals surface area (Å²) in [5.41, 5.74) is 0. The number of carboxylic acids is 2. The molecule has 0 aliphatic carbocycles.